The molecule has 3 heteroatoms. The first-order valence-electron chi connectivity index (χ1n) is 12.2. The summed E-state index contributed by atoms with van der Waals surface area (Å²) in [5, 5.41) is 1.34. The zero-order valence-electron chi connectivity index (χ0n) is 18.5. The molecule has 2 aromatic carbocycles. The molecule has 2 aliphatic rings. The molecule has 1 unspecified atom stereocenters. The van der Waals surface area contributed by atoms with Crippen molar-refractivity contribution >= 4 is 16.8 Å². The quantitative estimate of drug-likeness (QED) is 0.460. The standard InChI is InChI=1S/C28H34N2O/c31-28(29-17-9-10-18-29)19-25(23-13-5-2-6-14-23)26-21-30(20-22-11-3-1-4-12-22)27-16-8-7-15-24(26)27/h1,3-4,7-8,11-12,15-16,21,23,25H,2,5-6,9-10,13-14,17-20H2. The number of fused-ring (bicyclic) bond motifs is 1. The predicted octanol–water partition coefficient (Wildman–Crippen LogP) is 6.37. The zero-order chi connectivity index (χ0) is 21.0. The molecule has 0 radical (unpaired) electrons. The van der Waals surface area contributed by atoms with Gasteiger partial charge in [-0.1, -0.05) is 67.8 Å². The van der Waals surface area contributed by atoms with E-state index >= 15 is 0 Å². The summed E-state index contributed by atoms with van der Waals surface area (Å²) in [7, 11) is 0. The van der Waals surface area contributed by atoms with Gasteiger partial charge in [-0.25, -0.2) is 0 Å². The third-order valence-corrected chi connectivity index (χ3v) is 7.49. The normalized spacial score (nSPS) is 18.5. The summed E-state index contributed by atoms with van der Waals surface area (Å²) in [6, 6.07) is 19.5. The number of rotatable bonds is 6. The Morgan fingerprint density at radius 1 is 0.871 bits per heavy atom. The van der Waals surface area contributed by atoms with Gasteiger partial charge in [0.05, 0.1) is 0 Å². The van der Waals surface area contributed by atoms with E-state index in [1.807, 2.05) is 0 Å². The number of likely N-dealkylation sites (tertiary alicyclic amines) is 1. The Labute approximate surface area is 186 Å². The molecule has 2 fully saturated rings. The molecule has 1 aliphatic heterocycles. The Morgan fingerprint density at radius 3 is 2.35 bits per heavy atom. The molecule has 3 nitrogen and oxygen atoms in total. The molecule has 0 N–H and O–H groups in total. The van der Waals surface area contributed by atoms with Crippen molar-refractivity contribution in [3.05, 3.63) is 71.9 Å². The first kappa shape index (κ1) is 20.4. The highest BCUT2D eigenvalue weighted by atomic mass is 16.2. The van der Waals surface area contributed by atoms with Gasteiger partial charge in [0.25, 0.3) is 0 Å². The highest BCUT2D eigenvalue weighted by molar-refractivity contribution is 5.86. The van der Waals surface area contributed by atoms with E-state index in [4.69, 9.17) is 0 Å². The largest absolute Gasteiger partial charge is 0.343 e. The highest BCUT2D eigenvalue weighted by Gasteiger charge is 2.31. The van der Waals surface area contributed by atoms with Crippen LogP contribution in [0.3, 0.4) is 0 Å². The van der Waals surface area contributed by atoms with Crippen LogP contribution < -0.4 is 0 Å². The van der Waals surface area contributed by atoms with Crippen molar-refractivity contribution in [2.75, 3.05) is 13.1 Å². The smallest absolute Gasteiger partial charge is 0.223 e. The molecule has 1 amide bonds. The maximum Gasteiger partial charge on any atom is 0.223 e. The lowest BCUT2D eigenvalue weighted by molar-refractivity contribution is -0.130. The second-order valence-electron chi connectivity index (χ2n) is 9.51. The first-order chi connectivity index (χ1) is 15.3. The zero-order valence-corrected chi connectivity index (χ0v) is 18.5. The van der Waals surface area contributed by atoms with E-state index in [-0.39, 0.29) is 0 Å². The van der Waals surface area contributed by atoms with E-state index in [0.717, 1.165) is 32.5 Å². The van der Waals surface area contributed by atoms with Crippen molar-refractivity contribution in [3.63, 3.8) is 0 Å². The van der Waals surface area contributed by atoms with Crippen LogP contribution in [0.4, 0.5) is 0 Å². The Morgan fingerprint density at radius 2 is 1.58 bits per heavy atom. The van der Waals surface area contributed by atoms with Crippen LogP contribution in [0.1, 0.15) is 68.4 Å². The van der Waals surface area contributed by atoms with Crippen LogP contribution in [0.15, 0.2) is 60.8 Å². The SMILES string of the molecule is O=C(CC(c1cn(Cc2ccccc2)c2ccccc12)C1CCCCC1)N1CCCC1. The summed E-state index contributed by atoms with van der Waals surface area (Å²) < 4.78 is 2.40. The molecule has 1 saturated carbocycles. The van der Waals surface area contributed by atoms with Crippen LogP contribution in [0.25, 0.3) is 10.9 Å². The van der Waals surface area contributed by atoms with E-state index in [1.54, 1.807) is 0 Å². The minimum Gasteiger partial charge on any atom is -0.343 e. The Hall–Kier alpha value is -2.55. The van der Waals surface area contributed by atoms with Gasteiger partial charge in [-0.05, 0) is 54.7 Å². The predicted molar refractivity (Wildman–Crippen MR) is 127 cm³/mol. The van der Waals surface area contributed by atoms with E-state index in [9.17, 15) is 4.79 Å². The summed E-state index contributed by atoms with van der Waals surface area (Å²) in [5.74, 6) is 1.32. The number of nitrogens with zero attached hydrogens (tertiary/aromatic N) is 2. The third-order valence-electron chi connectivity index (χ3n) is 7.49. The molecule has 0 spiro atoms. The second kappa shape index (κ2) is 9.30. The molecule has 1 atom stereocenters. The van der Waals surface area contributed by atoms with Gasteiger partial charge in [0, 0.05) is 43.2 Å². The van der Waals surface area contributed by atoms with E-state index in [2.05, 4.69) is 70.3 Å². The Balaban J connectivity index is 1.51. The maximum atomic E-state index is 13.2. The van der Waals surface area contributed by atoms with Crippen molar-refractivity contribution in [1.29, 1.82) is 0 Å². The Kier molecular flexibility index (Phi) is 6.11. The van der Waals surface area contributed by atoms with Crippen LogP contribution >= 0.6 is 0 Å². The maximum absolute atomic E-state index is 13.2. The van der Waals surface area contributed by atoms with Crippen molar-refractivity contribution in [3.8, 4) is 0 Å². The molecule has 0 bridgehead atoms. The molecule has 2 heterocycles. The fourth-order valence-corrected chi connectivity index (χ4v) is 5.83. The molecular weight excluding hydrogens is 380 g/mol. The van der Waals surface area contributed by atoms with Gasteiger partial charge in [0.1, 0.15) is 0 Å². The van der Waals surface area contributed by atoms with Crippen LogP contribution in [-0.4, -0.2) is 28.5 Å². The number of carbonyl (C=O) groups is 1. The lowest BCUT2D eigenvalue weighted by Gasteiger charge is -2.31. The monoisotopic (exact) mass is 414 g/mol. The summed E-state index contributed by atoms with van der Waals surface area (Å²) >= 11 is 0. The van der Waals surface area contributed by atoms with Gasteiger partial charge in [-0.2, -0.15) is 0 Å². The van der Waals surface area contributed by atoms with Gasteiger partial charge in [-0.15, -0.1) is 0 Å². The number of hydrogen-bond acceptors (Lipinski definition) is 1. The average Bonchev–Trinajstić information content (AvgIpc) is 3.48. The van der Waals surface area contributed by atoms with Crippen LogP contribution in [-0.2, 0) is 11.3 Å². The first-order valence-corrected chi connectivity index (χ1v) is 12.2. The summed E-state index contributed by atoms with van der Waals surface area (Å²) in [6.45, 7) is 2.77. The van der Waals surface area contributed by atoms with Crippen molar-refractivity contribution in [2.24, 2.45) is 5.92 Å². The molecule has 5 rings (SSSR count). The minimum absolute atomic E-state index is 0.329. The topological polar surface area (TPSA) is 25.2 Å². The van der Waals surface area contributed by atoms with Crippen molar-refractivity contribution in [1.82, 2.24) is 9.47 Å². The number of aromatic nitrogens is 1. The van der Waals surface area contributed by atoms with E-state index in [1.165, 1.54) is 54.1 Å². The Bertz CT molecular complexity index is 1010. The minimum atomic E-state index is 0.329. The van der Waals surface area contributed by atoms with Gasteiger partial charge in [0.2, 0.25) is 5.91 Å². The number of hydrogen-bond donors (Lipinski definition) is 0. The summed E-state index contributed by atoms with van der Waals surface area (Å²) in [4.78, 5) is 15.3. The summed E-state index contributed by atoms with van der Waals surface area (Å²) in [5.41, 5.74) is 4.00. The number of benzene rings is 2. The second-order valence-corrected chi connectivity index (χ2v) is 9.51. The van der Waals surface area contributed by atoms with Crippen molar-refractivity contribution < 1.29 is 4.79 Å². The average molecular weight is 415 g/mol. The molecule has 1 aliphatic carbocycles. The fourth-order valence-electron chi connectivity index (χ4n) is 5.83. The number of para-hydroxylation sites is 1. The molecular formula is C28H34N2O. The molecule has 1 aromatic heterocycles. The van der Waals surface area contributed by atoms with Crippen LogP contribution in [0, 0.1) is 5.92 Å². The van der Waals surface area contributed by atoms with Gasteiger partial charge in [0.15, 0.2) is 0 Å². The molecule has 3 aromatic rings. The fraction of sp³-hybridized carbons (Fsp3) is 0.464. The number of amides is 1. The van der Waals surface area contributed by atoms with E-state index < -0.39 is 0 Å². The van der Waals surface area contributed by atoms with Gasteiger partial charge in [-0.3, -0.25) is 4.79 Å². The third kappa shape index (κ3) is 4.42. The molecule has 162 valence electrons. The molecule has 1 saturated heterocycles. The van der Waals surface area contributed by atoms with Gasteiger partial charge >= 0.3 is 0 Å². The number of carbonyl (C=O) groups excluding carboxylic acids is 1. The van der Waals surface area contributed by atoms with Crippen LogP contribution in [0.2, 0.25) is 0 Å². The molecule has 31 heavy (non-hydrogen) atoms. The van der Waals surface area contributed by atoms with Gasteiger partial charge < -0.3 is 9.47 Å². The highest BCUT2D eigenvalue weighted by Crippen LogP contribution is 2.42. The lowest BCUT2D eigenvalue weighted by atomic mass is 9.75. The van der Waals surface area contributed by atoms with Crippen LogP contribution in [0.5, 0.6) is 0 Å². The van der Waals surface area contributed by atoms with Crippen molar-refractivity contribution in [2.45, 2.75) is 63.8 Å². The van der Waals surface area contributed by atoms with E-state index in [0.29, 0.717) is 24.2 Å². The summed E-state index contributed by atoms with van der Waals surface area (Å²) in [6.07, 6.45) is 11.8. The lowest BCUT2D eigenvalue weighted by Crippen LogP contribution is -2.31.